The summed E-state index contributed by atoms with van der Waals surface area (Å²) in [7, 11) is 0. The van der Waals surface area contributed by atoms with E-state index in [0.717, 1.165) is 10.6 Å². The molecule has 4 heteroatoms. The van der Waals surface area contributed by atoms with Crippen LogP contribution in [0.1, 0.15) is 6.92 Å². The van der Waals surface area contributed by atoms with Gasteiger partial charge in [0.1, 0.15) is 0 Å². The van der Waals surface area contributed by atoms with Crippen LogP contribution >= 0.6 is 11.8 Å². The van der Waals surface area contributed by atoms with Gasteiger partial charge in [-0.1, -0.05) is 6.07 Å². The van der Waals surface area contributed by atoms with E-state index in [1.165, 1.54) is 18.7 Å². The fourth-order valence-corrected chi connectivity index (χ4v) is 1.60. The van der Waals surface area contributed by atoms with Crippen molar-refractivity contribution in [3.63, 3.8) is 0 Å². The van der Waals surface area contributed by atoms with Crippen LogP contribution in [0.5, 0.6) is 0 Å². The Balaban J connectivity index is 2.69. The Bertz CT molecular complexity index is 371. The van der Waals surface area contributed by atoms with E-state index in [4.69, 9.17) is 5.26 Å². The topological polar surface area (TPSA) is 52.9 Å². The first-order valence-electron chi connectivity index (χ1n) is 4.10. The fourth-order valence-electron chi connectivity index (χ4n) is 0.983. The maximum atomic E-state index is 10.8. The van der Waals surface area contributed by atoms with Crippen molar-refractivity contribution in [2.24, 2.45) is 0 Å². The summed E-state index contributed by atoms with van der Waals surface area (Å²) in [6.07, 6.45) is 0. The van der Waals surface area contributed by atoms with Gasteiger partial charge in [-0.25, -0.2) is 0 Å². The van der Waals surface area contributed by atoms with Crippen molar-refractivity contribution in [1.82, 2.24) is 0 Å². The molecule has 0 aliphatic rings. The highest BCUT2D eigenvalue weighted by atomic mass is 32.2. The van der Waals surface area contributed by atoms with Crippen LogP contribution in [0.4, 0.5) is 5.69 Å². The van der Waals surface area contributed by atoms with Crippen molar-refractivity contribution < 1.29 is 4.79 Å². The Morgan fingerprint density at radius 1 is 1.64 bits per heavy atom. The molecule has 0 aliphatic carbocycles. The molecule has 1 N–H and O–H groups in total. The monoisotopic (exact) mass is 206 g/mol. The highest BCUT2D eigenvalue weighted by molar-refractivity contribution is 7.99. The lowest BCUT2D eigenvalue weighted by atomic mass is 10.3. The van der Waals surface area contributed by atoms with Crippen molar-refractivity contribution in [1.29, 1.82) is 5.26 Å². The number of carbonyl (C=O) groups is 1. The van der Waals surface area contributed by atoms with Gasteiger partial charge in [0.15, 0.2) is 0 Å². The van der Waals surface area contributed by atoms with Gasteiger partial charge in [0.25, 0.3) is 0 Å². The van der Waals surface area contributed by atoms with E-state index >= 15 is 0 Å². The van der Waals surface area contributed by atoms with Crippen molar-refractivity contribution in [3.8, 4) is 6.07 Å². The Hall–Kier alpha value is -1.47. The van der Waals surface area contributed by atoms with Gasteiger partial charge in [-0.15, -0.1) is 11.8 Å². The quantitative estimate of drug-likeness (QED) is 0.772. The molecule has 0 atom stereocenters. The molecule has 0 aromatic heterocycles. The van der Waals surface area contributed by atoms with Crippen LogP contribution in [0.15, 0.2) is 29.2 Å². The van der Waals surface area contributed by atoms with Gasteiger partial charge in [-0.05, 0) is 18.2 Å². The number of nitrogens with one attached hydrogen (secondary N) is 1. The molecule has 1 amide bonds. The molecule has 0 aliphatic heterocycles. The van der Waals surface area contributed by atoms with E-state index in [2.05, 4.69) is 11.4 Å². The van der Waals surface area contributed by atoms with Crippen LogP contribution in [0.2, 0.25) is 0 Å². The summed E-state index contributed by atoms with van der Waals surface area (Å²) >= 11 is 1.45. The first kappa shape index (κ1) is 10.6. The minimum Gasteiger partial charge on any atom is -0.326 e. The number of benzene rings is 1. The normalized spacial score (nSPS) is 9.14. The van der Waals surface area contributed by atoms with Gasteiger partial charge in [-0.3, -0.25) is 4.79 Å². The lowest BCUT2D eigenvalue weighted by molar-refractivity contribution is -0.114. The van der Waals surface area contributed by atoms with Gasteiger partial charge >= 0.3 is 0 Å². The average molecular weight is 206 g/mol. The molecule has 1 aromatic carbocycles. The maximum Gasteiger partial charge on any atom is 0.221 e. The molecule has 1 aromatic rings. The van der Waals surface area contributed by atoms with E-state index in [0.29, 0.717) is 5.75 Å². The summed E-state index contributed by atoms with van der Waals surface area (Å²) in [5.74, 6) is 0.330. The van der Waals surface area contributed by atoms with Gasteiger partial charge in [0.2, 0.25) is 5.91 Å². The molecule has 0 bridgehead atoms. The molecule has 0 unspecified atom stereocenters. The predicted molar refractivity (Wildman–Crippen MR) is 57.1 cm³/mol. The van der Waals surface area contributed by atoms with Gasteiger partial charge in [0, 0.05) is 17.5 Å². The number of thioether (sulfide) groups is 1. The lowest BCUT2D eigenvalue weighted by Gasteiger charge is -2.03. The van der Waals surface area contributed by atoms with Crippen LogP contribution in [0.3, 0.4) is 0 Å². The lowest BCUT2D eigenvalue weighted by Crippen LogP contribution is -2.05. The van der Waals surface area contributed by atoms with Crippen LogP contribution in [-0.4, -0.2) is 11.7 Å². The van der Waals surface area contributed by atoms with Crippen LogP contribution < -0.4 is 5.32 Å². The number of rotatable bonds is 3. The predicted octanol–water partition coefficient (Wildman–Crippen LogP) is 2.26. The highest BCUT2D eigenvalue weighted by Gasteiger charge is 1.97. The number of hydrogen-bond donors (Lipinski definition) is 1. The van der Waals surface area contributed by atoms with Gasteiger partial charge < -0.3 is 5.32 Å². The Morgan fingerprint density at radius 2 is 2.43 bits per heavy atom. The average Bonchev–Trinajstić information content (AvgIpc) is 2.14. The summed E-state index contributed by atoms with van der Waals surface area (Å²) in [5.41, 5.74) is 0.764. The first-order valence-corrected chi connectivity index (χ1v) is 5.08. The molecule has 14 heavy (non-hydrogen) atoms. The Morgan fingerprint density at radius 3 is 3.07 bits per heavy atom. The third kappa shape index (κ3) is 3.50. The molecule has 0 saturated carbocycles. The summed E-state index contributed by atoms with van der Waals surface area (Å²) in [5, 5.41) is 11.1. The summed E-state index contributed by atoms with van der Waals surface area (Å²) < 4.78 is 0. The fraction of sp³-hybridized carbons (Fsp3) is 0.200. The molecule has 0 fully saturated rings. The van der Waals surface area contributed by atoms with Crippen LogP contribution in [0, 0.1) is 11.3 Å². The second-order valence-electron chi connectivity index (χ2n) is 2.66. The maximum absolute atomic E-state index is 10.8. The van der Waals surface area contributed by atoms with E-state index in [1.54, 1.807) is 0 Å². The minimum absolute atomic E-state index is 0.0903. The highest BCUT2D eigenvalue weighted by Crippen LogP contribution is 2.20. The van der Waals surface area contributed by atoms with Gasteiger partial charge in [0.05, 0.1) is 11.8 Å². The zero-order valence-corrected chi connectivity index (χ0v) is 8.60. The van der Waals surface area contributed by atoms with E-state index in [-0.39, 0.29) is 5.91 Å². The molecule has 0 saturated heterocycles. The summed E-state index contributed by atoms with van der Waals surface area (Å²) in [6, 6.07) is 9.48. The summed E-state index contributed by atoms with van der Waals surface area (Å²) in [6.45, 7) is 1.47. The molecule has 0 spiro atoms. The number of nitrogens with zero attached hydrogens (tertiary/aromatic N) is 1. The molecule has 72 valence electrons. The molecular formula is C10H10N2OS. The van der Waals surface area contributed by atoms with Crippen LogP contribution in [-0.2, 0) is 4.79 Å². The molecule has 3 nitrogen and oxygen atoms in total. The summed E-state index contributed by atoms with van der Waals surface area (Å²) in [4.78, 5) is 11.8. The SMILES string of the molecule is CC(=O)Nc1cccc(SCC#N)c1. The third-order valence-electron chi connectivity index (χ3n) is 1.46. The van der Waals surface area contributed by atoms with E-state index in [1.807, 2.05) is 24.3 Å². The molecule has 0 radical (unpaired) electrons. The molecule has 1 rings (SSSR count). The smallest absolute Gasteiger partial charge is 0.221 e. The standard InChI is InChI=1S/C10H10N2OS/c1-8(13)12-9-3-2-4-10(7-9)14-6-5-11/h2-4,7H,6H2,1H3,(H,12,13). The zero-order valence-electron chi connectivity index (χ0n) is 7.78. The Labute approximate surface area is 87.1 Å². The number of nitriles is 1. The van der Waals surface area contributed by atoms with E-state index in [9.17, 15) is 4.79 Å². The van der Waals surface area contributed by atoms with Crippen molar-refractivity contribution >= 4 is 23.4 Å². The van der Waals surface area contributed by atoms with Crippen molar-refractivity contribution in [3.05, 3.63) is 24.3 Å². The second-order valence-corrected chi connectivity index (χ2v) is 3.70. The zero-order chi connectivity index (χ0) is 10.4. The Kier molecular flexibility index (Phi) is 4.02. The largest absolute Gasteiger partial charge is 0.326 e. The number of hydrogen-bond acceptors (Lipinski definition) is 3. The number of anilines is 1. The molecular weight excluding hydrogens is 196 g/mol. The molecule has 0 heterocycles. The second kappa shape index (κ2) is 5.30. The first-order chi connectivity index (χ1) is 6.72. The number of carbonyl (C=O) groups excluding carboxylic acids is 1. The van der Waals surface area contributed by atoms with Crippen molar-refractivity contribution in [2.45, 2.75) is 11.8 Å². The van der Waals surface area contributed by atoms with Crippen molar-refractivity contribution in [2.75, 3.05) is 11.1 Å². The van der Waals surface area contributed by atoms with Crippen LogP contribution in [0.25, 0.3) is 0 Å². The number of amides is 1. The van der Waals surface area contributed by atoms with Gasteiger partial charge in [-0.2, -0.15) is 5.26 Å². The minimum atomic E-state index is -0.0903. The third-order valence-corrected chi connectivity index (χ3v) is 2.32. The van der Waals surface area contributed by atoms with E-state index < -0.39 is 0 Å².